The van der Waals surface area contributed by atoms with Crippen LogP contribution in [0, 0.1) is 0 Å². The number of hydrogen-bond donors (Lipinski definition) is 0. The summed E-state index contributed by atoms with van der Waals surface area (Å²) >= 11 is 0. The first-order valence-corrected chi connectivity index (χ1v) is 16.0. The molecule has 4 heterocycles. The Bertz CT molecular complexity index is 2510. The van der Waals surface area contributed by atoms with E-state index in [1.165, 1.54) is 0 Å². The van der Waals surface area contributed by atoms with Gasteiger partial charge in [-0.3, -0.25) is 23.7 Å². The summed E-state index contributed by atoms with van der Waals surface area (Å²) in [6, 6.07) is 38.8. The lowest BCUT2D eigenvalue weighted by molar-refractivity contribution is 0.398. The fourth-order valence-corrected chi connectivity index (χ4v) is 5.67. The molecule has 0 spiro atoms. The number of para-hydroxylation sites is 2. The molecule has 0 unspecified atom stereocenters. The average Bonchev–Trinajstić information content (AvgIpc) is 3.18. The first-order chi connectivity index (χ1) is 24.6. The minimum absolute atomic E-state index is 0.0167. The third-order valence-electron chi connectivity index (χ3n) is 8.35. The number of ether oxygens (including phenoxy) is 1. The number of benzene rings is 4. The van der Waals surface area contributed by atoms with Crippen molar-refractivity contribution in [1.29, 1.82) is 0 Å². The van der Waals surface area contributed by atoms with E-state index >= 15 is 0 Å². The van der Waals surface area contributed by atoms with Crippen molar-refractivity contribution in [3.8, 4) is 28.1 Å². The van der Waals surface area contributed by atoms with Crippen LogP contribution in [0.5, 0.6) is 5.88 Å². The van der Waals surface area contributed by atoms with Gasteiger partial charge in [-0.15, -0.1) is 0 Å². The largest absolute Gasteiger partial charge is 0.481 e. The van der Waals surface area contributed by atoms with Gasteiger partial charge in [0.1, 0.15) is 0 Å². The van der Waals surface area contributed by atoms with Gasteiger partial charge in [-0.2, -0.15) is 0 Å². The van der Waals surface area contributed by atoms with E-state index in [-0.39, 0.29) is 11.1 Å². The highest BCUT2D eigenvalue weighted by Crippen LogP contribution is 2.23. The molecule has 0 amide bonds. The quantitative estimate of drug-likeness (QED) is 0.182. The lowest BCUT2D eigenvalue weighted by atomic mass is 10.0. The first-order valence-electron chi connectivity index (χ1n) is 16.0. The highest BCUT2D eigenvalue weighted by atomic mass is 16.5. The monoisotopic (exact) mass is 656 g/mol. The van der Waals surface area contributed by atoms with Crippen molar-refractivity contribution in [3.05, 3.63) is 184 Å². The molecule has 0 radical (unpaired) electrons. The van der Waals surface area contributed by atoms with E-state index in [1.807, 2.05) is 121 Å². The highest BCUT2D eigenvalue weighted by molar-refractivity contribution is 5.77. The van der Waals surface area contributed by atoms with Crippen LogP contribution in [0.25, 0.3) is 44.1 Å². The molecule has 9 heteroatoms. The number of nitrogens with zero attached hydrogens (tertiary/aromatic N) is 6. The molecule has 0 N–H and O–H groups in total. The SMILES string of the molecule is COc1cc(-c2ccc(Cn3cnc4ccccc4c3=O)cc2)ccn1.O=c1c2ccccc2ncn1Cc1ccc(-c2cccnc2)cc1. The van der Waals surface area contributed by atoms with E-state index in [9.17, 15) is 9.59 Å². The van der Waals surface area contributed by atoms with Gasteiger partial charge in [0.05, 0.1) is 54.7 Å². The molecular weight excluding hydrogens is 624 g/mol. The Morgan fingerprint density at radius 2 is 1.08 bits per heavy atom. The van der Waals surface area contributed by atoms with Crippen LogP contribution in [-0.2, 0) is 13.1 Å². The van der Waals surface area contributed by atoms with E-state index in [4.69, 9.17) is 4.74 Å². The molecule has 0 saturated heterocycles. The van der Waals surface area contributed by atoms with Gasteiger partial charge in [-0.1, -0.05) is 78.9 Å². The van der Waals surface area contributed by atoms with Crippen LogP contribution in [0.1, 0.15) is 11.1 Å². The maximum absolute atomic E-state index is 12.6. The molecule has 0 aliphatic heterocycles. The normalized spacial score (nSPS) is 10.8. The Hall–Kier alpha value is -6.74. The van der Waals surface area contributed by atoms with Crippen molar-refractivity contribution in [1.82, 2.24) is 29.1 Å². The van der Waals surface area contributed by atoms with Crippen molar-refractivity contribution < 1.29 is 4.74 Å². The zero-order valence-electron chi connectivity index (χ0n) is 27.3. The fraction of sp³-hybridized carbons (Fsp3) is 0.0732. The summed E-state index contributed by atoms with van der Waals surface area (Å²) in [6.45, 7) is 0.987. The molecule has 0 aliphatic carbocycles. The van der Waals surface area contributed by atoms with Crippen LogP contribution in [0.2, 0.25) is 0 Å². The second kappa shape index (κ2) is 14.6. The Labute approximate surface area is 287 Å². The molecule has 0 atom stereocenters. The Morgan fingerprint density at radius 1 is 0.540 bits per heavy atom. The summed E-state index contributed by atoms with van der Waals surface area (Å²) in [6.07, 6.45) is 8.54. The van der Waals surface area contributed by atoms with Gasteiger partial charge in [0.25, 0.3) is 11.1 Å². The maximum atomic E-state index is 12.6. The highest BCUT2D eigenvalue weighted by Gasteiger charge is 2.07. The van der Waals surface area contributed by atoms with Gasteiger partial charge < -0.3 is 4.74 Å². The first kappa shape index (κ1) is 31.8. The van der Waals surface area contributed by atoms with Gasteiger partial charge in [0, 0.05) is 24.7 Å². The molecule has 8 aromatic rings. The minimum atomic E-state index is -0.0291. The van der Waals surface area contributed by atoms with Crippen LogP contribution in [0.15, 0.2) is 162 Å². The van der Waals surface area contributed by atoms with Gasteiger partial charge in [0.15, 0.2) is 0 Å². The second-order valence-electron chi connectivity index (χ2n) is 11.6. The number of rotatable bonds is 7. The van der Waals surface area contributed by atoms with E-state index in [0.717, 1.165) is 44.4 Å². The predicted molar refractivity (Wildman–Crippen MR) is 196 cm³/mol. The van der Waals surface area contributed by atoms with Gasteiger partial charge in [-0.05, 0) is 69.8 Å². The zero-order valence-corrected chi connectivity index (χ0v) is 27.3. The smallest absolute Gasteiger partial charge is 0.261 e. The van der Waals surface area contributed by atoms with Crippen molar-refractivity contribution in [2.75, 3.05) is 7.11 Å². The maximum Gasteiger partial charge on any atom is 0.261 e. The average molecular weight is 657 g/mol. The number of methoxy groups -OCH3 is 1. The van der Waals surface area contributed by atoms with E-state index in [1.54, 1.807) is 47.4 Å². The Morgan fingerprint density at radius 3 is 1.60 bits per heavy atom. The molecule has 4 aromatic heterocycles. The molecule has 9 nitrogen and oxygen atoms in total. The number of hydrogen-bond acceptors (Lipinski definition) is 7. The van der Waals surface area contributed by atoms with Gasteiger partial charge in [0.2, 0.25) is 5.88 Å². The van der Waals surface area contributed by atoms with Crippen molar-refractivity contribution in [3.63, 3.8) is 0 Å². The van der Waals surface area contributed by atoms with Crippen molar-refractivity contribution >= 4 is 21.8 Å². The number of fused-ring (bicyclic) bond motifs is 2. The molecule has 50 heavy (non-hydrogen) atoms. The molecule has 244 valence electrons. The summed E-state index contributed by atoms with van der Waals surface area (Å²) in [7, 11) is 1.60. The third-order valence-corrected chi connectivity index (χ3v) is 8.35. The van der Waals surface area contributed by atoms with Crippen LogP contribution in [-0.4, -0.2) is 36.2 Å². The molecular formula is C41H32N6O3. The Kier molecular flexibility index (Phi) is 9.28. The summed E-state index contributed by atoms with van der Waals surface area (Å²) in [4.78, 5) is 42.1. The van der Waals surface area contributed by atoms with Crippen molar-refractivity contribution in [2.24, 2.45) is 0 Å². The summed E-state index contributed by atoms with van der Waals surface area (Å²) in [5.41, 5.74) is 7.78. The van der Waals surface area contributed by atoms with Crippen LogP contribution >= 0.6 is 0 Å². The molecule has 0 fully saturated rings. The summed E-state index contributed by atoms with van der Waals surface area (Å²) in [5, 5.41) is 1.28. The molecule has 4 aromatic carbocycles. The van der Waals surface area contributed by atoms with Gasteiger partial charge >= 0.3 is 0 Å². The topological polar surface area (TPSA) is 105 Å². The fourth-order valence-electron chi connectivity index (χ4n) is 5.67. The molecule has 8 rings (SSSR count). The predicted octanol–water partition coefficient (Wildman–Crippen LogP) is 7.02. The van der Waals surface area contributed by atoms with Crippen LogP contribution < -0.4 is 15.9 Å². The van der Waals surface area contributed by atoms with Crippen LogP contribution in [0.3, 0.4) is 0 Å². The van der Waals surface area contributed by atoms with E-state index < -0.39 is 0 Å². The summed E-state index contributed by atoms with van der Waals surface area (Å²) < 4.78 is 8.44. The van der Waals surface area contributed by atoms with Crippen molar-refractivity contribution in [2.45, 2.75) is 13.1 Å². The number of aromatic nitrogens is 6. The summed E-state index contributed by atoms with van der Waals surface area (Å²) in [5.74, 6) is 0.584. The Balaban J connectivity index is 0.000000157. The lowest BCUT2D eigenvalue weighted by Crippen LogP contribution is -2.21. The third kappa shape index (κ3) is 7.07. The van der Waals surface area contributed by atoms with E-state index in [2.05, 4.69) is 19.9 Å². The van der Waals surface area contributed by atoms with Gasteiger partial charge in [-0.25, -0.2) is 15.0 Å². The molecule has 0 saturated carbocycles. The molecule has 0 aliphatic rings. The van der Waals surface area contributed by atoms with Crippen LogP contribution in [0.4, 0.5) is 0 Å². The molecule has 0 bridgehead atoms. The van der Waals surface area contributed by atoms with E-state index in [0.29, 0.717) is 29.7 Å². The standard InChI is InChI=1S/C21H17N3O2.C20H15N3O/c1-26-20-12-17(10-11-22-20)16-8-6-15(7-9-16)13-24-14-23-19-5-3-2-4-18(19)21(24)25;24-20-18-5-1-2-6-19(18)22-14-23(20)13-15-7-9-16(10-8-15)17-4-3-11-21-12-17/h2-12,14H,13H2,1H3;1-12,14H,13H2. The lowest BCUT2D eigenvalue weighted by Gasteiger charge is -2.08. The minimum Gasteiger partial charge on any atom is -0.481 e. The second-order valence-corrected chi connectivity index (χ2v) is 11.6. The number of pyridine rings is 2. The zero-order chi connectivity index (χ0) is 34.3.